The molecule has 22 heavy (non-hydrogen) atoms. The van der Waals surface area contributed by atoms with E-state index in [1.165, 1.54) is 24.2 Å². The minimum absolute atomic E-state index is 0. The first kappa shape index (κ1) is 17.2. The molecule has 0 aromatic carbocycles. The van der Waals surface area contributed by atoms with E-state index in [1.54, 1.807) is 0 Å². The van der Waals surface area contributed by atoms with Crippen LogP contribution in [-0.4, -0.2) is 60.9 Å². The van der Waals surface area contributed by atoms with Crippen molar-refractivity contribution >= 4 is 35.6 Å². The lowest BCUT2D eigenvalue weighted by atomic mass is 10.3. The van der Waals surface area contributed by atoms with Crippen molar-refractivity contribution in [2.45, 2.75) is 12.8 Å². The predicted octanol–water partition coefficient (Wildman–Crippen LogP) is 1.45. The van der Waals surface area contributed by atoms with Crippen LogP contribution < -0.4 is 5.32 Å². The summed E-state index contributed by atoms with van der Waals surface area (Å²) in [6.07, 6.45) is 2.59. The first-order valence-corrected chi connectivity index (χ1v) is 8.43. The Kier molecular flexibility index (Phi) is 6.23. The Labute approximate surface area is 141 Å². The second-order valence-electron chi connectivity index (χ2n) is 5.72. The predicted molar refractivity (Wildman–Crippen MR) is 89.6 cm³/mol. The molecule has 1 N–H and O–H groups in total. The van der Waals surface area contributed by atoms with Gasteiger partial charge in [0.15, 0.2) is 0 Å². The van der Waals surface area contributed by atoms with Crippen LogP contribution in [0.1, 0.15) is 22.5 Å². The summed E-state index contributed by atoms with van der Waals surface area (Å²) in [6, 6.07) is 3.75. The van der Waals surface area contributed by atoms with Gasteiger partial charge in [0, 0.05) is 26.2 Å². The molecule has 1 saturated heterocycles. The van der Waals surface area contributed by atoms with Gasteiger partial charge in [-0.3, -0.25) is 9.59 Å². The van der Waals surface area contributed by atoms with Crippen LogP contribution in [0.4, 0.5) is 0 Å². The van der Waals surface area contributed by atoms with Gasteiger partial charge < -0.3 is 15.1 Å². The Morgan fingerprint density at radius 2 is 1.86 bits per heavy atom. The Balaban J connectivity index is 0.00000176. The Bertz CT molecular complexity index is 497. The van der Waals surface area contributed by atoms with Crippen molar-refractivity contribution in [3.63, 3.8) is 0 Å². The zero-order valence-electron chi connectivity index (χ0n) is 12.5. The van der Waals surface area contributed by atoms with Gasteiger partial charge in [0.25, 0.3) is 5.91 Å². The maximum atomic E-state index is 12.2. The van der Waals surface area contributed by atoms with E-state index in [9.17, 15) is 9.59 Å². The van der Waals surface area contributed by atoms with Crippen molar-refractivity contribution in [2.24, 2.45) is 5.92 Å². The third kappa shape index (κ3) is 4.44. The zero-order valence-corrected chi connectivity index (χ0v) is 14.1. The number of carbonyl (C=O) groups is 2. The van der Waals surface area contributed by atoms with Crippen molar-refractivity contribution < 1.29 is 9.59 Å². The minimum Gasteiger partial charge on any atom is -0.338 e. The van der Waals surface area contributed by atoms with Gasteiger partial charge in [-0.15, -0.1) is 23.7 Å². The van der Waals surface area contributed by atoms with Gasteiger partial charge in [-0.25, -0.2) is 0 Å². The molecular formula is C15H22ClN3O2S. The average molecular weight is 344 g/mol. The molecule has 1 aromatic rings. The normalized spacial score (nSPS) is 18.0. The second-order valence-corrected chi connectivity index (χ2v) is 6.67. The summed E-state index contributed by atoms with van der Waals surface area (Å²) in [5.74, 6) is 1.03. The second kappa shape index (κ2) is 7.94. The Morgan fingerprint density at radius 3 is 2.45 bits per heavy atom. The highest BCUT2D eigenvalue weighted by Gasteiger charge is 2.25. The number of amides is 2. The van der Waals surface area contributed by atoms with Gasteiger partial charge >= 0.3 is 0 Å². The molecule has 0 atom stereocenters. The zero-order chi connectivity index (χ0) is 14.7. The molecule has 1 aliphatic carbocycles. The fraction of sp³-hybridized carbons (Fsp3) is 0.600. The van der Waals surface area contributed by atoms with Gasteiger partial charge in [0.2, 0.25) is 5.91 Å². The molecule has 2 amide bonds. The van der Waals surface area contributed by atoms with E-state index in [2.05, 4.69) is 5.32 Å². The lowest BCUT2D eigenvalue weighted by molar-refractivity contribution is -0.131. The molecule has 5 nitrogen and oxygen atoms in total. The van der Waals surface area contributed by atoms with Gasteiger partial charge in [-0.05, 0) is 36.8 Å². The van der Waals surface area contributed by atoms with E-state index < -0.39 is 0 Å². The number of carbonyl (C=O) groups excluding carboxylic acids is 2. The topological polar surface area (TPSA) is 52.7 Å². The van der Waals surface area contributed by atoms with Crippen LogP contribution in [0.25, 0.3) is 0 Å². The molecule has 1 aromatic heterocycles. The molecule has 1 aliphatic heterocycles. The SMILES string of the molecule is Cl.O=C(CNCC1CC1)N1CCN(C(=O)c2cccs2)CC1. The first-order valence-electron chi connectivity index (χ1n) is 7.55. The quantitative estimate of drug-likeness (QED) is 0.880. The monoisotopic (exact) mass is 343 g/mol. The van der Waals surface area contributed by atoms with Crippen molar-refractivity contribution in [2.75, 3.05) is 39.3 Å². The van der Waals surface area contributed by atoms with Crippen LogP contribution >= 0.6 is 23.7 Å². The highest BCUT2D eigenvalue weighted by atomic mass is 35.5. The van der Waals surface area contributed by atoms with Crippen molar-refractivity contribution in [3.8, 4) is 0 Å². The average Bonchev–Trinajstić information content (AvgIpc) is 3.17. The molecule has 2 aliphatic rings. The van der Waals surface area contributed by atoms with Crippen LogP contribution in [0.15, 0.2) is 17.5 Å². The van der Waals surface area contributed by atoms with Gasteiger partial charge in [-0.1, -0.05) is 6.07 Å². The maximum Gasteiger partial charge on any atom is 0.264 e. The number of rotatable bonds is 5. The summed E-state index contributed by atoms with van der Waals surface area (Å²) in [4.78, 5) is 28.8. The van der Waals surface area contributed by atoms with Crippen LogP contribution in [0.3, 0.4) is 0 Å². The fourth-order valence-electron chi connectivity index (χ4n) is 2.53. The first-order chi connectivity index (χ1) is 10.2. The van der Waals surface area contributed by atoms with Gasteiger partial charge in [0.05, 0.1) is 11.4 Å². The number of hydrogen-bond acceptors (Lipinski definition) is 4. The maximum absolute atomic E-state index is 12.2. The molecule has 1 saturated carbocycles. The minimum atomic E-state index is 0. The van der Waals surface area contributed by atoms with Crippen molar-refractivity contribution in [1.29, 1.82) is 0 Å². The standard InChI is InChI=1S/C15H21N3O2S.ClH/c19-14(11-16-10-12-3-4-12)17-5-7-18(8-6-17)15(20)13-2-1-9-21-13;/h1-2,9,12,16H,3-8,10-11H2;1H. The van der Waals surface area contributed by atoms with E-state index in [0.717, 1.165) is 17.3 Å². The van der Waals surface area contributed by atoms with Crippen LogP contribution in [0.2, 0.25) is 0 Å². The summed E-state index contributed by atoms with van der Waals surface area (Å²) in [7, 11) is 0. The smallest absolute Gasteiger partial charge is 0.264 e. The number of piperazine rings is 1. The fourth-order valence-corrected chi connectivity index (χ4v) is 3.22. The lowest BCUT2D eigenvalue weighted by Crippen LogP contribution is -2.52. The molecule has 0 spiro atoms. The lowest BCUT2D eigenvalue weighted by Gasteiger charge is -2.34. The summed E-state index contributed by atoms with van der Waals surface area (Å²) < 4.78 is 0. The molecule has 7 heteroatoms. The summed E-state index contributed by atoms with van der Waals surface area (Å²) >= 11 is 1.47. The summed E-state index contributed by atoms with van der Waals surface area (Å²) in [5, 5.41) is 5.15. The number of halogens is 1. The molecule has 0 bridgehead atoms. The van der Waals surface area contributed by atoms with E-state index in [1.807, 2.05) is 27.3 Å². The van der Waals surface area contributed by atoms with Crippen molar-refractivity contribution in [1.82, 2.24) is 15.1 Å². The van der Waals surface area contributed by atoms with E-state index in [-0.39, 0.29) is 24.2 Å². The van der Waals surface area contributed by atoms with Gasteiger partial charge in [-0.2, -0.15) is 0 Å². The molecule has 0 radical (unpaired) electrons. The largest absolute Gasteiger partial charge is 0.338 e. The molecule has 2 heterocycles. The summed E-state index contributed by atoms with van der Waals surface area (Å²) in [5.41, 5.74) is 0. The highest BCUT2D eigenvalue weighted by molar-refractivity contribution is 7.12. The Hall–Kier alpha value is -1.11. The van der Waals surface area contributed by atoms with E-state index >= 15 is 0 Å². The summed E-state index contributed by atoms with van der Waals surface area (Å²) in [6.45, 7) is 3.93. The van der Waals surface area contributed by atoms with Gasteiger partial charge in [0.1, 0.15) is 0 Å². The third-order valence-electron chi connectivity index (χ3n) is 4.06. The highest BCUT2D eigenvalue weighted by Crippen LogP contribution is 2.27. The molecule has 0 unspecified atom stereocenters. The number of thiophene rings is 1. The van der Waals surface area contributed by atoms with E-state index in [4.69, 9.17) is 0 Å². The Morgan fingerprint density at radius 1 is 1.18 bits per heavy atom. The third-order valence-corrected chi connectivity index (χ3v) is 4.92. The molecular weight excluding hydrogens is 322 g/mol. The molecule has 3 rings (SSSR count). The molecule has 2 fully saturated rings. The number of nitrogens with one attached hydrogen (secondary N) is 1. The van der Waals surface area contributed by atoms with Crippen LogP contribution in [0, 0.1) is 5.92 Å². The van der Waals surface area contributed by atoms with Crippen molar-refractivity contribution in [3.05, 3.63) is 22.4 Å². The van der Waals surface area contributed by atoms with E-state index in [0.29, 0.717) is 32.7 Å². The van der Waals surface area contributed by atoms with Crippen LogP contribution in [0.5, 0.6) is 0 Å². The number of nitrogens with zero attached hydrogens (tertiary/aromatic N) is 2. The number of hydrogen-bond donors (Lipinski definition) is 1. The molecule has 122 valence electrons. The van der Waals surface area contributed by atoms with Crippen LogP contribution in [-0.2, 0) is 4.79 Å².